The van der Waals surface area contributed by atoms with Gasteiger partial charge in [0.15, 0.2) is 5.11 Å². The predicted molar refractivity (Wildman–Crippen MR) is 132 cm³/mol. The Morgan fingerprint density at radius 2 is 1.70 bits per heavy atom. The maximum Gasteiger partial charge on any atom is 0.170 e. The van der Waals surface area contributed by atoms with E-state index in [2.05, 4.69) is 44.7 Å². The first-order valence-corrected chi connectivity index (χ1v) is 11.3. The Balaban J connectivity index is 1.63. The summed E-state index contributed by atoms with van der Waals surface area (Å²) in [5, 5.41) is 14.7. The number of thiocarbonyl (C=S) groups is 1. The van der Waals surface area contributed by atoms with Crippen LogP contribution in [0.3, 0.4) is 0 Å². The van der Waals surface area contributed by atoms with Gasteiger partial charge in [0.2, 0.25) is 0 Å². The highest BCUT2D eigenvalue weighted by molar-refractivity contribution is 7.80. The van der Waals surface area contributed by atoms with Crippen molar-refractivity contribution in [3.63, 3.8) is 0 Å². The van der Waals surface area contributed by atoms with Crippen molar-refractivity contribution < 1.29 is 5.11 Å². The normalized spacial score (nSPS) is 17.9. The molecule has 0 unspecified atom stereocenters. The average molecular weight is 456 g/mol. The van der Waals surface area contributed by atoms with E-state index in [9.17, 15) is 5.11 Å². The third kappa shape index (κ3) is 3.85. The molecule has 2 atom stereocenters. The number of aromatic hydroxyl groups is 1. The second-order valence-corrected chi connectivity index (χ2v) is 8.61. The lowest BCUT2D eigenvalue weighted by Gasteiger charge is -2.28. The number of aromatic nitrogens is 3. The molecule has 0 bridgehead atoms. The molecule has 1 aliphatic heterocycles. The number of hydrogen-bond acceptors (Lipinski definition) is 4. The molecule has 6 nitrogen and oxygen atoms in total. The van der Waals surface area contributed by atoms with Crippen molar-refractivity contribution in [3.8, 4) is 11.4 Å². The molecule has 3 aromatic heterocycles. The number of phenolic OH excluding ortho intramolecular Hbond substituents is 1. The molecule has 1 aromatic carbocycles. The highest BCUT2D eigenvalue weighted by Crippen LogP contribution is 2.42. The standard InChI is InChI=1S/C26H25N5OS/c1-17-15-20(18(2)31(17)22-11-3-4-12-23(22)32)25-24(21-10-6-8-14-28-21)29-26(33)30(25)16-19-9-5-7-13-27-19/h3-15,24-25,32H,16H2,1-2H3,(H,29,33)/t24-,25-/m1/s1. The second kappa shape index (κ2) is 8.67. The van der Waals surface area contributed by atoms with Gasteiger partial charge in [-0.25, -0.2) is 0 Å². The molecule has 2 N–H and O–H groups in total. The zero-order valence-electron chi connectivity index (χ0n) is 18.5. The number of pyridine rings is 2. The van der Waals surface area contributed by atoms with Crippen LogP contribution in [0, 0.1) is 13.8 Å². The molecule has 4 aromatic rings. The summed E-state index contributed by atoms with van der Waals surface area (Å²) in [6.07, 6.45) is 3.61. The minimum atomic E-state index is -0.110. The summed E-state index contributed by atoms with van der Waals surface area (Å²) in [7, 11) is 0. The van der Waals surface area contributed by atoms with Gasteiger partial charge in [-0.05, 0) is 74.1 Å². The molecule has 0 spiro atoms. The molecule has 7 heteroatoms. The van der Waals surface area contributed by atoms with Crippen LogP contribution in [0.4, 0.5) is 0 Å². The zero-order valence-corrected chi connectivity index (χ0v) is 19.3. The van der Waals surface area contributed by atoms with Gasteiger partial charge in [-0.15, -0.1) is 0 Å². The average Bonchev–Trinajstić information content (AvgIpc) is 3.30. The molecule has 0 radical (unpaired) electrons. The Labute approximate surface area is 198 Å². The van der Waals surface area contributed by atoms with Gasteiger partial charge >= 0.3 is 0 Å². The van der Waals surface area contributed by atoms with Crippen molar-refractivity contribution in [2.45, 2.75) is 32.5 Å². The van der Waals surface area contributed by atoms with Crippen LogP contribution in [0.25, 0.3) is 5.69 Å². The zero-order chi connectivity index (χ0) is 22.9. The smallest absolute Gasteiger partial charge is 0.170 e. The van der Waals surface area contributed by atoms with E-state index in [1.54, 1.807) is 12.3 Å². The summed E-state index contributed by atoms with van der Waals surface area (Å²) in [4.78, 5) is 11.3. The van der Waals surface area contributed by atoms with Crippen molar-refractivity contribution in [3.05, 3.63) is 107 Å². The van der Waals surface area contributed by atoms with Crippen molar-refractivity contribution in [1.29, 1.82) is 0 Å². The minimum absolute atomic E-state index is 0.0831. The second-order valence-electron chi connectivity index (χ2n) is 8.23. The first kappa shape index (κ1) is 21.2. The number of nitrogens with zero attached hydrogens (tertiary/aromatic N) is 4. The number of aryl methyl sites for hydroxylation is 1. The highest BCUT2D eigenvalue weighted by atomic mass is 32.1. The number of nitrogens with one attached hydrogen (secondary N) is 1. The topological polar surface area (TPSA) is 66.2 Å². The van der Waals surface area contributed by atoms with Gasteiger partial charge in [0.25, 0.3) is 0 Å². The SMILES string of the molecule is Cc1cc([C@@H]2[C@@H](c3ccccn3)NC(=S)N2Cc2ccccn2)c(C)n1-c1ccccc1O. The Bertz CT molecular complexity index is 1290. The van der Waals surface area contributed by atoms with Crippen molar-refractivity contribution in [2.24, 2.45) is 0 Å². The first-order valence-electron chi connectivity index (χ1n) is 10.9. The Morgan fingerprint density at radius 1 is 0.970 bits per heavy atom. The van der Waals surface area contributed by atoms with Crippen LogP contribution in [0.2, 0.25) is 0 Å². The van der Waals surface area contributed by atoms with Crippen molar-refractivity contribution in [1.82, 2.24) is 24.8 Å². The fourth-order valence-electron chi connectivity index (χ4n) is 4.69. The van der Waals surface area contributed by atoms with Crippen LogP contribution in [0.1, 0.15) is 40.4 Å². The third-order valence-corrected chi connectivity index (χ3v) is 6.52. The number of phenols is 1. The molecule has 0 aliphatic carbocycles. The summed E-state index contributed by atoms with van der Waals surface area (Å²) in [6, 6.07) is 21.3. The molecule has 166 valence electrons. The van der Waals surface area contributed by atoms with E-state index in [-0.39, 0.29) is 17.8 Å². The van der Waals surface area contributed by atoms with E-state index in [1.807, 2.05) is 60.8 Å². The Hall–Kier alpha value is -3.71. The summed E-state index contributed by atoms with van der Waals surface area (Å²) < 4.78 is 2.10. The van der Waals surface area contributed by atoms with Crippen LogP contribution in [-0.4, -0.2) is 29.7 Å². The van der Waals surface area contributed by atoms with Gasteiger partial charge in [-0.1, -0.05) is 24.3 Å². The van der Waals surface area contributed by atoms with Gasteiger partial charge < -0.3 is 19.9 Å². The lowest BCUT2D eigenvalue weighted by molar-refractivity contribution is 0.307. The highest BCUT2D eigenvalue weighted by Gasteiger charge is 2.41. The molecular formula is C26H25N5OS. The molecule has 0 saturated carbocycles. The van der Waals surface area contributed by atoms with Gasteiger partial charge in [0, 0.05) is 23.8 Å². The molecule has 33 heavy (non-hydrogen) atoms. The molecular weight excluding hydrogens is 430 g/mol. The molecule has 1 saturated heterocycles. The van der Waals surface area contributed by atoms with Gasteiger partial charge in [-0.3, -0.25) is 9.97 Å². The molecule has 1 fully saturated rings. The third-order valence-electron chi connectivity index (χ3n) is 6.17. The Morgan fingerprint density at radius 3 is 2.39 bits per heavy atom. The molecule has 4 heterocycles. The maximum atomic E-state index is 10.5. The van der Waals surface area contributed by atoms with Crippen LogP contribution in [0.15, 0.2) is 79.1 Å². The van der Waals surface area contributed by atoms with Crippen LogP contribution < -0.4 is 5.32 Å². The number of para-hydroxylation sites is 2. The van der Waals surface area contributed by atoms with Crippen LogP contribution in [0.5, 0.6) is 5.75 Å². The fraction of sp³-hybridized carbons (Fsp3) is 0.192. The quantitative estimate of drug-likeness (QED) is 0.423. The van der Waals surface area contributed by atoms with E-state index in [0.29, 0.717) is 11.7 Å². The van der Waals surface area contributed by atoms with Crippen molar-refractivity contribution in [2.75, 3.05) is 0 Å². The summed E-state index contributed by atoms with van der Waals surface area (Å²) in [5.74, 6) is 0.248. The molecule has 1 aliphatic rings. The summed E-state index contributed by atoms with van der Waals surface area (Å²) in [5.41, 5.74) is 5.87. The summed E-state index contributed by atoms with van der Waals surface area (Å²) in [6.45, 7) is 4.73. The Kier molecular flexibility index (Phi) is 5.56. The van der Waals surface area contributed by atoms with Crippen molar-refractivity contribution >= 4 is 17.3 Å². The monoisotopic (exact) mass is 455 g/mol. The maximum absolute atomic E-state index is 10.5. The lowest BCUT2D eigenvalue weighted by atomic mass is 9.96. The molecule has 5 rings (SSSR count). The van der Waals surface area contributed by atoms with E-state index in [0.717, 1.165) is 34.0 Å². The summed E-state index contributed by atoms with van der Waals surface area (Å²) >= 11 is 5.80. The van der Waals surface area contributed by atoms with E-state index >= 15 is 0 Å². The van der Waals surface area contributed by atoms with Crippen LogP contribution >= 0.6 is 12.2 Å². The van der Waals surface area contributed by atoms with E-state index < -0.39 is 0 Å². The fourth-order valence-corrected chi connectivity index (χ4v) is 5.00. The first-order chi connectivity index (χ1) is 16.0. The lowest BCUT2D eigenvalue weighted by Crippen LogP contribution is -2.29. The molecule has 0 amide bonds. The minimum Gasteiger partial charge on any atom is -0.506 e. The largest absolute Gasteiger partial charge is 0.506 e. The van der Waals surface area contributed by atoms with E-state index in [1.165, 1.54) is 0 Å². The van der Waals surface area contributed by atoms with Gasteiger partial charge in [-0.2, -0.15) is 0 Å². The number of benzene rings is 1. The van der Waals surface area contributed by atoms with Crippen LogP contribution in [-0.2, 0) is 6.54 Å². The number of hydrogen-bond donors (Lipinski definition) is 2. The van der Waals surface area contributed by atoms with E-state index in [4.69, 9.17) is 12.2 Å². The predicted octanol–water partition coefficient (Wildman–Crippen LogP) is 4.76. The van der Waals surface area contributed by atoms with Gasteiger partial charge in [0.05, 0.1) is 35.7 Å². The number of rotatable bonds is 5. The van der Waals surface area contributed by atoms with Gasteiger partial charge in [0.1, 0.15) is 5.75 Å².